The van der Waals surface area contributed by atoms with Gasteiger partial charge in [0.05, 0.1) is 16.8 Å². The zero-order valence-electron chi connectivity index (χ0n) is 14.9. The largest absolute Gasteiger partial charge is 0.494 e. The summed E-state index contributed by atoms with van der Waals surface area (Å²) in [6.07, 6.45) is -3.68. The molecule has 138 valence electrons. The van der Waals surface area contributed by atoms with E-state index in [-0.39, 0.29) is 5.88 Å². The molecule has 26 heavy (non-hydrogen) atoms. The number of ether oxygens (including phenoxy) is 1. The second-order valence-electron chi connectivity index (χ2n) is 7.14. The molecule has 8 heteroatoms. The maximum absolute atomic E-state index is 12.5. The lowest BCUT2D eigenvalue weighted by atomic mass is 9.79. The van der Waals surface area contributed by atoms with Crippen molar-refractivity contribution in [2.45, 2.75) is 45.1 Å². The lowest BCUT2D eigenvalue weighted by Gasteiger charge is -2.32. The van der Waals surface area contributed by atoms with Crippen LogP contribution in [0, 0.1) is 0 Å². The van der Waals surface area contributed by atoms with Crippen LogP contribution in [0.25, 0.3) is 0 Å². The van der Waals surface area contributed by atoms with E-state index in [1.807, 2.05) is 27.7 Å². The summed E-state index contributed by atoms with van der Waals surface area (Å²) in [4.78, 5) is 3.69. The van der Waals surface area contributed by atoms with E-state index in [9.17, 15) is 13.2 Å². The van der Waals surface area contributed by atoms with Crippen molar-refractivity contribution in [3.63, 3.8) is 0 Å². The smallest absolute Gasteiger partial charge is 0.439 e. The minimum absolute atomic E-state index is 0.0846. The number of nitrogens with zero attached hydrogens (tertiary/aromatic N) is 1. The van der Waals surface area contributed by atoms with Crippen LogP contribution in [0.1, 0.15) is 33.3 Å². The molecule has 0 saturated carbocycles. The van der Waals surface area contributed by atoms with Crippen LogP contribution in [0.3, 0.4) is 0 Å². The van der Waals surface area contributed by atoms with Crippen molar-refractivity contribution in [3.05, 3.63) is 48.2 Å². The average Bonchev–Trinajstić information content (AvgIpc) is 2.76. The predicted octanol–water partition coefficient (Wildman–Crippen LogP) is 4.19. The Morgan fingerprint density at radius 3 is 1.96 bits per heavy atom. The molecule has 1 aromatic heterocycles. The first-order chi connectivity index (χ1) is 12.0. The summed E-state index contributed by atoms with van der Waals surface area (Å²) in [6.45, 7) is 7.89. The SMILES string of the molecule is CC1(C)OB(c2ccc(Oc3ccc(C(F)(F)F)cn3)cc2)OC1(C)C. The Morgan fingerprint density at radius 2 is 1.50 bits per heavy atom. The van der Waals surface area contributed by atoms with E-state index in [0.717, 1.165) is 17.7 Å². The van der Waals surface area contributed by atoms with Gasteiger partial charge in [-0.25, -0.2) is 4.98 Å². The third kappa shape index (κ3) is 3.71. The van der Waals surface area contributed by atoms with Gasteiger partial charge in [0.15, 0.2) is 0 Å². The maximum Gasteiger partial charge on any atom is 0.494 e. The number of rotatable bonds is 3. The molecule has 0 radical (unpaired) electrons. The van der Waals surface area contributed by atoms with Crippen molar-refractivity contribution in [1.29, 1.82) is 0 Å². The number of alkyl halides is 3. The van der Waals surface area contributed by atoms with Gasteiger partial charge in [-0.05, 0) is 51.4 Å². The molecule has 1 aliphatic rings. The Balaban J connectivity index is 1.69. The van der Waals surface area contributed by atoms with Crippen molar-refractivity contribution in [2.75, 3.05) is 0 Å². The maximum atomic E-state index is 12.5. The van der Waals surface area contributed by atoms with Crippen LogP contribution in [0.2, 0.25) is 0 Å². The molecule has 0 aliphatic carbocycles. The van der Waals surface area contributed by atoms with E-state index in [1.54, 1.807) is 24.3 Å². The van der Waals surface area contributed by atoms with Crippen LogP contribution in [-0.2, 0) is 15.5 Å². The Morgan fingerprint density at radius 1 is 0.923 bits per heavy atom. The quantitative estimate of drug-likeness (QED) is 0.765. The zero-order valence-corrected chi connectivity index (χ0v) is 14.9. The molecule has 0 bridgehead atoms. The van der Waals surface area contributed by atoms with Gasteiger partial charge in [-0.2, -0.15) is 13.2 Å². The standard InChI is InChI=1S/C18H19BF3NO3/c1-16(2)17(3,4)26-19(25-16)13-6-8-14(9-7-13)24-15-10-5-12(11-23-15)18(20,21)22/h5-11H,1-4H3. The molecule has 1 saturated heterocycles. The van der Waals surface area contributed by atoms with Gasteiger partial charge in [-0.1, -0.05) is 12.1 Å². The minimum atomic E-state index is -4.42. The minimum Gasteiger partial charge on any atom is -0.439 e. The molecular formula is C18H19BF3NO3. The van der Waals surface area contributed by atoms with Crippen molar-refractivity contribution in [2.24, 2.45) is 0 Å². The van der Waals surface area contributed by atoms with Gasteiger partial charge >= 0.3 is 13.3 Å². The van der Waals surface area contributed by atoms with Crippen LogP contribution in [-0.4, -0.2) is 23.3 Å². The molecule has 2 heterocycles. The fourth-order valence-corrected chi connectivity index (χ4v) is 2.40. The van der Waals surface area contributed by atoms with Crippen molar-refractivity contribution in [3.8, 4) is 11.6 Å². The van der Waals surface area contributed by atoms with Crippen molar-refractivity contribution < 1.29 is 27.2 Å². The van der Waals surface area contributed by atoms with Crippen LogP contribution in [0.5, 0.6) is 11.6 Å². The topological polar surface area (TPSA) is 40.6 Å². The number of aromatic nitrogens is 1. The second kappa shape index (κ2) is 6.28. The van der Waals surface area contributed by atoms with E-state index in [4.69, 9.17) is 14.0 Å². The molecule has 2 aromatic rings. The van der Waals surface area contributed by atoms with Crippen LogP contribution < -0.4 is 10.2 Å². The van der Waals surface area contributed by atoms with Crippen LogP contribution in [0.4, 0.5) is 13.2 Å². The highest BCUT2D eigenvalue weighted by Gasteiger charge is 2.51. The zero-order chi connectivity index (χ0) is 19.2. The molecule has 1 aliphatic heterocycles. The normalized spacial score (nSPS) is 18.8. The predicted molar refractivity (Wildman–Crippen MR) is 91.5 cm³/mol. The van der Waals surface area contributed by atoms with Gasteiger partial charge in [-0.15, -0.1) is 0 Å². The first-order valence-electron chi connectivity index (χ1n) is 8.15. The third-order valence-electron chi connectivity index (χ3n) is 4.69. The third-order valence-corrected chi connectivity index (χ3v) is 4.69. The molecule has 0 spiro atoms. The van der Waals surface area contributed by atoms with Gasteiger partial charge < -0.3 is 14.0 Å². The fourth-order valence-electron chi connectivity index (χ4n) is 2.40. The van der Waals surface area contributed by atoms with E-state index in [2.05, 4.69) is 4.98 Å². The average molecular weight is 365 g/mol. The summed E-state index contributed by atoms with van der Waals surface area (Å²) in [5.74, 6) is 0.541. The first kappa shape index (κ1) is 18.7. The van der Waals surface area contributed by atoms with E-state index in [1.165, 1.54) is 6.07 Å². The van der Waals surface area contributed by atoms with Gasteiger partial charge in [0.2, 0.25) is 5.88 Å². The summed E-state index contributed by atoms with van der Waals surface area (Å²) in [7, 11) is -0.488. The Labute approximate surface area is 150 Å². The van der Waals surface area contributed by atoms with Crippen LogP contribution >= 0.6 is 0 Å². The second-order valence-corrected chi connectivity index (χ2v) is 7.14. The van der Waals surface area contributed by atoms with Crippen molar-refractivity contribution in [1.82, 2.24) is 4.98 Å². The lowest BCUT2D eigenvalue weighted by Crippen LogP contribution is -2.41. The molecule has 4 nitrogen and oxygen atoms in total. The van der Waals surface area contributed by atoms with E-state index >= 15 is 0 Å². The van der Waals surface area contributed by atoms with Crippen molar-refractivity contribution >= 4 is 12.6 Å². The molecule has 1 aromatic carbocycles. The summed E-state index contributed by atoms with van der Waals surface area (Å²) >= 11 is 0. The number of benzene rings is 1. The highest BCUT2D eigenvalue weighted by Crippen LogP contribution is 2.36. The Kier molecular flexibility index (Phi) is 4.52. The van der Waals surface area contributed by atoms with E-state index in [0.29, 0.717) is 5.75 Å². The first-order valence-corrected chi connectivity index (χ1v) is 8.15. The summed E-state index contributed by atoms with van der Waals surface area (Å²) in [5.41, 5.74) is -0.856. The van der Waals surface area contributed by atoms with Crippen LogP contribution in [0.15, 0.2) is 42.6 Å². The van der Waals surface area contributed by atoms with E-state index < -0.39 is 30.1 Å². The monoisotopic (exact) mass is 365 g/mol. The lowest BCUT2D eigenvalue weighted by molar-refractivity contribution is -0.137. The number of hydrogen-bond acceptors (Lipinski definition) is 4. The molecule has 0 unspecified atom stereocenters. The molecule has 0 atom stereocenters. The van der Waals surface area contributed by atoms with Gasteiger partial charge in [0, 0.05) is 12.3 Å². The number of halogens is 3. The summed E-state index contributed by atoms with van der Waals surface area (Å²) in [6, 6.07) is 9.09. The molecule has 1 fully saturated rings. The Bertz CT molecular complexity index is 758. The molecular weight excluding hydrogens is 346 g/mol. The molecule has 0 amide bonds. The van der Waals surface area contributed by atoms with Gasteiger partial charge in [-0.3, -0.25) is 0 Å². The number of hydrogen-bond donors (Lipinski definition) is 0. The highest BCUT2D eigenvalue weighted by molar-refractivity contribution is 6.62. The molecule has 0 N–H and O–H groups in total. The fraction of sp³-hybridized carbons (Fsp3) is 0.389. The number of pyridine rings is 1. The van der Waals surface area contributed by atoms with Gasteiger partial charge in [0.25, 0.3) is 0 Å². The Hall–Kier alpha value is -2.06. The molecule has 3 rings (SSSR count). The highest BCUT2D eigenvalue weighted by atomic mass is 19.4. The summed E-state index contributed by atoms with van der Waals surface area (Å²) in [5, 5.41) is 0. The summed E-state index contributed by atoms with van der Waals surface area (Å²) < 4.78 is 55.1. The van der Waals surface area contributed by atoms with Gasteiger partial charge in [0.1, 0.15) is 5.75 Å².